The van der Waals surface area contributed by atoms with Crippen LogP contribution in [0.2, 0.25) is 0 Å². The molecule has 0 heterocycles. The molecule has 0 aliphatic rings. The van der Waals surface area contributed by atoms with Crippen LogP contribution in [0.15, 0.2) is 18.2 Å². The van der Waals surface area contributed by atoms with E-state index in [1.807, 2.05) is 13.8 Å². The Balaban J connectivity index is 2.84. The molecular formula is C13H19F2N. The van der Waals surface area contributed by atoms with Gasteiger partial charge in [-0.15, -0.1) is 0 Å². The molecule has 0 fully saturated rings. The number of hydrogen-bond acceptors (Lipinski definition) is 1. The van der Waals surface area contributed by atoms with Gasteiger partial charge in [-0.05, 0) is 44.0 Å². The lowest BCUT2D eigenvalue weighted by Gasteiger charge is -2.28. The number of halogens is 2. The third kappa shape index (κ3) is 3.27. The molecule has 1 aromatic rings. The summed E-state index contributed by atoms with van der Waals surface area (Å²) in [7, 11) is 0. The van der Waals surface area contributed by atoms with Crippen molar-refractivity contribution in [1.82, 2.24) is 5.32 Å². The van der Waals surface area contributed by atoms with Crippen molar-refractivity contribution in [1.29, 1.82) is 0 Å². The zero-order valence-corrected chi connectivity index (χ0v) is 10.3. The van der Waals surface area contributed by atoms with Crippen LogP contribution in [-0.4, -0.2) is 6.54 Å². The summed E-state index contributed by atoms with van der Waals surface area (Å²) in [5, 5.41) is 3.33. The zero-order chi connectivity index (χ0) is 12.3. The summed E-state index contributed by atoms with van der Waals surface area (Å²) in [5.41, 5.74) is 0.408. The average Bonchev–Trinajstić information content (AvgIpc) is 2.19. The summed E-state index contributed by atoms with van der Waals surface area (Å²) >= 11 is 0. The smallest absolute Gasteiger partial charge is 0.159 e. The number of hydrogen-bond donors (Lipinski definition) is 1. The third-order valence-electron chi connectivity index (χ3n) is 2.59. The molecule has 0 atom stereocenters. The molecule has 90 valence electrons. The summed E-state index contributed by atoms with van der Waals surface area (Å²) in [6, 6.07) is 4.04. The van der Waals surface area contributed by atoms with Gasteiger partial charge < -0.3 is 5.32 Å². The minimum atomic E-state index is -0.802. The van der Waals surface area contributed by atoms with Crippen LogP contribution in [0.3, 0.4) is 0 Å². The minimum Gasteiger partial charge on any atom is -0.308 e. The fourth-order valence-electron chi connectivity index (χ4n) is 1.45. The molecule has 0 saturated carbocycles. The van der Waals surface area contributed by atoms with Gasteiger partial charge in [-0.3, -0.25) is 0 Å². The highest BCUT2D eigenvalue weighted by Crippen LogP contribution is 2.22. The van der Waals surface area contributed by atoms with Gasteiger partial charge in [0.2, 0.25) is 0 Å². The number of benzene rings is 1. The topological polar surface area (TPSA) is 12.0 Å². The minimum absolute atomic E-state index is 0.348. The summed E-state index contributed by atoms with van der Waals surface area (Å²) in [5.74, 6) is -1.08. The first-order valence-electron chi connectivity index (χ1n) is 5.53. The maximum Gasteiger partial charge on any atom is 0.159 e. The molecule has 0 unspecified atom stereocenters. The normalized spacial score (nSPS) is 12.2. The van der Waals surface area contributed by atoms with E-state index in [9.17, 15) is 8.78 Å². The molecule has 0 saturated heterocycles. The highest BCUT2D eigenvalue weighted by Gasteiger charge is 2.21. The van der Waals surface area contributed by atoms with Crippen molar-refractivity contribution in [3.05, 3.63) is 35.4 Å². The summed E-state index contributed by atoms with van der Waals surface area (Å²) in [6.07, 6.45) is 0. The monoisotopic (exact) mass is 227 g/mol. The van der Waals surface area contributed by atoms with E-state index >= 15 is 0 Å². The maximum atomic E-state index is 13.1. The first-order valence-corrected chi connectivity index (χ1v) is 5.53. The first kappa shape index (κ1) is 13.1. The Kier molecular flexibility index (Phi) is 4.03. The summed E-state index contributed by atoms with van der Waals surface area (Å²) in [4.78, 5) is 0. The molecule has 0 amide bonds. The summed E-state index contributed by atoms with van der Waals surface area (Å²) < 4.78 is 25.9. The van der Waals surface area contributed by atoms with Crippen molar-refractivity contribution in [3.8, 4) is 0 Å². The van der Waals surface area contributed by atoms with Crippen LogP contribution in [0.5, 0.6) is 0 Å². The van der Waals surface area contributed by atoms with Gasteiger partial charge in [0.25, 0.3) is 0 Å². The first-order chi connectivity index (χ1) is 7.33. The lowest BCUT2D eigenvalue weighted by molar-refractivity contribution is 0.371. The Morgan fingerprint density at radius 2 is 1.81 bits per heavy atom. The van der Waals surface area contributed by atoms with Crippen LogP contribution in [0.1, 0.15) is 33.3 Å². The number of rotatable bonds is 4. The molecule has 0 aromatic heterocycles. The van der Waals surface area contributed by atoms with E-state index in [1.165, 1.54) is 12.1 Å². The van der Waals surface area contributed by atoms with E-state index in [0.717, 1.165) is 12.1 Å². The van der Waals surface area contributed by atoms with Crippen LogP contribution in [0, 0.1) is 17.6 Å². The highest BCUT2D eigenvalue weighted by molar-refractivity contribution is 5.24. The van der Waals surface area contributed by atoms with E-state index in [1.54, 1.807) is 6.07 Å². The van der Waals surface area contributed by atoms with E-state index in [4.69, 9.17) is 0 Å². The Morgan fingerprint density at radius 3 is 2.31 bits per heavy atom. The van der Waals surface area contributed by atoms with Crippen LogP contribution in [-0.2, 0) is 5.54 Å². The zero-order valence-electron chi connectivity index (χ0n) is 10.3. The van der Waals surface area contributed by atoms with Gasteiger partial charge in [0.15, 0.2) is 11.6 Å². The van der Waals surface area contributed by atoms with Gasteiger partial charge in [-0.25, -0.2) is 8.78 Å². The molecule has 0 spiro atoms. The second-order valence-corrected chi connectivity index (χ2v) is 5.03. The maximum absolute atomic E-state index is 13.1. The largest absolute Gasteiger partial charge is 0.308 e. The second kappa shape index (κ2) is 4.91. The van der Waals surface area contributed by atoms with Crippen molar-refractivity contribution < 1.29 is 8.78 Å². The fraction of sp³-hybridized carbons (Fsp3) is 0.538. The quantitative estimate of drug-likeness (QED) is 0.830. The molecule has 0 aliphatic carbocycles. The van der Waals surface area contributed by atoms with E-state index < -0.39 is 11.6 Å². The standard InChI is InChI=1S/C13H19F2N/c1-9(2)8-16-13(3,4)10-5-6-11(14)12(15)7-10/h5-7,9,16H,8H2,1-4H3. The fourth-order valence-corrected chi connectivity index (χ4v) is 1.45. The molecule has 16 heavy (non-hydrogen) atoms. The molecule has 1 rings (SSSR count). The molecule has 0 radical (unpaired) electrons. The van der Waals surface area contributed by atoms with Gasteiger partial charge in [0.1, 0.15) is 0 Å². The van der Waals surface area contributed by atoms with Gasteiger partial charge in [-0.2, -0.15) is 0 Å². The van der Waals surface area contributed by atoms with Crippen molar-refractivity contribution in [2.75, 3.05) is 6.54 Å². The van der Waals surface area contributed by atoms with Crippen molar-refractivity contribution in [3.63, 3.8) is 0 Å². The van der Waals surface area contributed by atoms with Crippen molar-refractivity contribution in [2.24, 2.45) is 5.92 Å². The van der Waals surface area contributed by atoms with Gasteiger partial charge in [0.05, 0.1) is 0 Å². The second-order valence-electron chi connectivity index (χ2n) is 5.03. The SMILES string of the molecule is CC(C)CNC(C)(C)c1ccc(F)c(F)c1. The predicted octanol–water partition coefficient (Wildman–Crippen LogP) is 3.45. The molecule has 0 aliphatic heterocycles. The van der Waals surface area contributed by atoms with E-state index in [0.29, 0.717) is 5.92 Å². The van der Waals surface area contributed by atoms with Gasteiger partial charge >= 0.3 is 0 Å². The van der Waals surface area contributed by atoms with Crippen LogP contribution >= 0.6 is 0 Å². The Bertz CT molecular complexity index is 359. The average molecular weight is 227 g/mol. The van der Waals surface area contributed by atoms with Gasteiger partial charge in [0, 0.05) is 5.54 Å². The highest BCUT2D eigenvalue weighted by atomic mass is 19.2. The third-order valence-corrected chi connectivity index (χ3v) is 2.59. The molecular weight excluding hydrogens is 208 g/mol. The number of nitrogens with one attached hydrogen (secondary N) is 1. The summed E-state index contributed by atoms with van der Waals surface area (Å²) in [6.45, 7) is 8.97. The van der Waals surface area contributed by atoms with Crippen LogP contribution in [0.25, 0.3) is 0 Å². The van der Waals surface area contributed by atoms with Crippen molar-refractivity contribution >= 4 is 0 Å². The van der Waals surface area contributed by atoms with E-state index in [-0.39, 0.29) is 5.54 Å². The molecule has 1 N–H and O–H groups in total. The van der Waals surface area contributed by atoms with Crippen molar-refractivity contribution in [2.45, 2.75) is 33.2 Å². The Morgan fingerprint density at radius 1 is 1.19 bits per heavy atom. The molecule has 0 bridgehead atoms. The predicted molar refractivity (Wildman–Crippen MR) is 62.2 cm³/mol. The molecule has 3 heteroatoms. The molecule has 1 aromatic carbocycles. The Labute approximate surface area is 95.9 Å². The molecule has 1 nitrogen and oxygen atoms in total. The van der Waals surface area contributed by atoms with Gasteiger partial charge in [-0.1, -0.05) is 19.9 Å². The lowest BCUT2D eigenvalue weighted by atomic mass is 9.93. The van der Waals surface area contributed by atoms with Crippen LogP contribution in [0.4, 0.5) is 8.78 Å². The Hall–Kier alpha value is -0.960. The van der Waals surface area contributed by atoms with E-state index in [2.05, 4.69) is 19.2 Å². The lowest BCUT2D eigenvalue weighted by Crippen LogP contribution is -2.38. The van der Waals surface area contributed by atoms with Crippen LogP contribution < -0.4 is 5.32 Å².